The second-order valence-corrected chi connectivity index (χ2v) is 16.0. The molecule has 1 aromatic heterocycles. The average Bonchev–Trinajstić information content (AvgIpc) is 4.02. The van der Waals surface area contributed by atoms with Crippen molar-refractivity contribution in [3.63, 3.8) is 0 Å². The molecule has 280 valence electrons. The number of hydrogen-bond acceptors (Lipinski definition) is 11. The third kappa shape index (κ3) is 8.63. The number of hydrogen-bond donors (Lipinski definition) is 4. The molecule has 0 unspecified atom stereocenters. The third-order valence-electron chi connectivity index (χ3n) is 8.97. The van der Waals surface area contributed by atoms with Crippen molar-refractivity contribution in [2.24, 2.45) is 5.92 Å². The zero-order valence-electron chi connectivity index (χ0n) is 29.5. The molecule has 5 rings (SSSR count). The van der Waals surface area contributed by atoms with Crippen molar-refractivity contribution in [2.75, 3.05) is 20.2 Å². The normalized spacial score (nSPS) is 23.1. The first-order valence-electron chi connectivity index (χ1n) is 16.8. The summed E-state index contributed by atoms with van der Waals surface area (Å²) in [6.07, 6.45) is 3.13. The fraction of sp³-hybridized carbons (Fsp3) is 0.486. The van der Waals surface area contributed by atoms with Gasteiger partial charge in [-0.05, 0) is 75.8 Å². The number of nitrogens with one attached hydrogen (secondary N) is 4. The topological polar surface area (TPSA) is 211 Å². The molecule has 17 heteroatoms. The summed E-state index contributed by atoms with van der Waals surface area (Å²) in [6, 6.07) is 4.41. The Morgan fingerprint density at radius 1 is 1.13 bits per heavy atom. The van der Waals surface area contributed by atoms with Crippen LogP contribution in [-0.4, -0.2) is 103 Å². The van der Waals surface area contributed by atoms with Crippen LogP contribution in [0.3, 0.4) is 0 Å². The number of amides is 5. The molecule has 3 fully saturated rings. The first kappa shape index (κ1) is 38.1. The van der Waals surface area contributed by atoms with Gasteiger partial charge in [-0.1, -0.05) is 12.7 Å². The maximum Gasteiger partial charge on any atom is 0.408 e. The summed E-state index contributed by atoms with van der Waals surface area (Å²) >= 11 is 0. The molecule has 5 atom stereocenters. The first-order valence-corrected chi connectivity index (χ1v) is 18.3. The van der Waals surface area contributed by atoms with E-state index in [1.165, 1.54) is 11.0 Å². The molecule has 4 N–H and O–H groups in total. The van der Waals surface area contributed by atoms with Crippen molar-refractivity contribution in [3.8, 4) is 11.6 Å². The van der Waals surface area contributed by atoms with Crippen molar-refractivity contribution < 1.29 is 46.6 Å². The fourth-order valence-corrected chi connectivity index (χ4v) is 7.39. The van der Waals surface area contributed by atoms with Gasteiger partial charge < -0.3 is 35.1 Å². The van der Waals surface area contributed by atoms with Crippen molar-refractivity contribution >= 4 is 50.5 Å². The number of fused-ring (bicyclic) bond motifs is 1. The van der Waals surface area contributed by atoms with Crippen LogP contribution in [0.2, 0.25) is 0 Å². The van der Waals surface area contributed by atoms with Gasteiger partial charge in [-0.25, -0.2) is 18.2 Å². The van der Waals surface area contributed by atoms with E-state index in [9.17, 15) is 32.4 Å². The van der Waals surface area contributed by atoms with Crippen LogP contribution in [-0.2, 0) is 33.9 Å². The summed E-state index contributed by atoms with van der Waals surface area (Å²) in [7, 11) is -2.39. The standard InChI is InChI=1S/C35H44N6O10S/c1-7-21-17-35(21,32(45)40-52(47,48)24-10-11-24)39-29(43)27-16-23(50-30-25-12-9-22(49-6)15-20(25)13-14-36-30)19-41(27)31(44)26(18-37-28(42)8-2)38-33(46)51-34(3,4)5/h7-9,12-15,21,23-24,26-27H,1-2,10-11,16-19H2,3-6H3,(H,37,42)(H,38,46)(H,39,43)(H,40,45)/t21-,23-,26-,27+,35-/m1/s1. The molecule has 0 radical (unpaired) electrons. The van der Waals surface area contributed by atoms with Gasteiger partial charge in [0.15, 0.2) is 0 Å². The van der Waals surface area contributed by atoms with Crippen LogP contribution in [0.5, 0.6) is 11.6 Å². The summed E-state index contributed by atoms with van der Waals surface area (Å²) in [5.74, 6) is -2.75. The predicted octanol–water partition coefficient (Wildman–Crippen LogP) is 1.46. The van der Waals surface area contributed by atoms with E-state index in [1.807, 2.05) is 0 Å². The predicted molar refractivity (Wildman–Crippen MR) is 188 cm³/mol. The highest BCUT2D eigenvalue weighted by molar-refractivity contribution is 7.91. The van der Waals surface area contributed by atoms with E-state index < -0.39 is 80.2 Å². The fourth-order valence-electron chi connectivity index (χ4n) is 6.03. The van der Waals surface area contributed by atoms with Crippen LogP contribution in [0.4, 0.5) is 4.79 Å². The molecule has 2 heterocycles. The third-order valence-corrected chi connectivity index (χ3v) is 10.8. The lowest BCUT2D eigenvalue weighted by molar-refractivity contribution is -0.141. The molecule has 3 aliphatic rings. The smallest absolute Gasteiger partial charge is 0.408 e. The highest BCUT2D eigenvalue weighted by Gasteiger charge is 2.62. The lowest BCUT2D eigenvalue weighted by atomic mass is 10.1. The number of methoxy groups -OCH3 is 1. The van der Waals surface area contributed by atoms with Crippen molar-refractivity contribution in [1.82, 2.24) is 30.6 Å². The molecule has 2 aliphatic carbocycles. The van der Waals surface area contributed by atoms with Crippen LogP contribution in [0.1, 0.15) is 46.5 Å². The zero-order chi connectivity index (χ0) is 38.0. The number of likely N-dealkylation sites (tertiary alicyclic amines) is 1. The molecule has 0 bridgehead atoms. The van der Waals surface area contributed by atoms with Gasteiger partial charge in [0.05, 0.1) is 18.9 Å². The molecule has 2 aromatic rings. The van der Waals surface area contributed by atoms with Crippen LogP contribution in [0.25, 0.3) is 10.8 Å². The molecule has 0 spiro atoms. The Hall–Kier alpha value is -5.19. The van der Waals surface area contributed by atoms with Gasteiger partial charge in [-0.15, -0.1) is 6.58 Å². The molecule has 16 nitrogen and oxygen atoms in total. The molecule has 5 amide bonds. The number of benzene rings is 1. The molecular weight excluding hydrogens is 696 g/mol. The largest absolute Gasteiger partial charge is 0.497 e. The number of sulfonamides is 1. The number of carbonyl (C=O) groups is 5. The summed E-state index contributed by atoms with van der Waals surface area (Å²) in [4.78, 5) is 72.4. The quantitative estimate of drug-likeness (QED) is 0.161. The Labute approximate surface area is 301 Å². The molecule has 1 saturated heterocycles. The monoisotopic (exact) mass is 740 g/mol. The van der Waals surface area contributed by atoms with E-state index >= 15 is 0 Å². The SMILES string of the molecule is C=CC(=O)NC[C@@H](NC(=O)OC(C)(C)C)C(=O)N1C[C@H](Oc2nccc3cc(OC)ccc23)C[C@H]1C(=O)N[C@]1(C(=O)NS(=O)(=O)C2CC2)C[C@H]1C=C. The minimum Gasteiger partial charge on any atom is -0.497 e. The Kier molecular flexibility index (Phi) is 10.8. The van der Waals surface area contributed by atoms with Gasteiger partial charge >= 0.3 is 6.09 Å². The van der Waals surface area contributed by atoms with Crippen LogP contribution in [0, 0.1) is 5.92 Å². The molecule has 1 aromatic carbocycles. The molecule has 2 saturated carbocycles. The first-order chi connectivity index (χ1) is 24.5. The van der Waals surface area contributed by atoms with Gasteiger partial charge in [-0.2, -0.15) is 0 Å². The summed E-state index contributed by atoms with van der Waals surface area (Å²) in [5.41, 5.74) is -2.53. The molecule has 1 aliphatic heterocycles. The summed E-state index contributed by atoms with van der Waals surface area (Å²) in [6.45, 7) is 11.5. The van der Waals surface area contributed by atoms with Crippen LogP contribution >= 0.6 is 0 Å². The zero-order valence-corrected chi connectivity index (χ0v) is 30.3. The van der Waals surface area contributed by atoms with Gasteiger partial charge in [0.2, 0.25) is 33.6 Å². The maximum absolute atomic E-state index is 14.3. The lowest BCUT2D eigenvalue weighted by Crippen LogP contribution is -2.59. The second-order valence-electron chi connectivity index (χ2n) is 14.0. The van der Waals surface area contributed by atoms with Gasteiger partial charge in [0.1, 0.15) is 35.1 Å². The Morgan fingerprint density at radius 2 is 1.87 bits per heavy atom. The minimum atomic E-state index is -3.94. The highest BCUT2D eigenvalue weighted by atomic mass is 32.2. The van der Waals surface area contributed by atoms with E-state index in [0.717, 1.165) is 11.5 Å². The van der Waals surface area contributed by atoms with E-state index in [2.05, 4.69) is 38.8 Å². The average molecular weight is 741 g/mol. The van der Waals surface area contributed by atoms with Gasteiger partial charge in [-0.3, -0.25) is 23.9 Å². The van der Waals surface area contributed by atoms with Crippen molar-refractivity contribution in [3.05, 3.63) is 55.8 Å². The molecule has 52 heavy (non-hydrogen) atoms. The Bertz CT molecular complexity index is 1890. The van der Waals surface area contributed by atoms with Crippen molar-refractivity contribution in [2.45, 2.75) is 81.0 Å². The number of pyridine rings is 1. The minimum absolute atomic E-state index is 0.0687. The van der Waals surface area contributed by atoms with Gasteiger partial charge in [0.25, 0.3) is 5.91 Å². The maximum atomic E-state index is 14.3. The number of ether oxygens (including phenoxy) is 3. The number of aromatic nitrogens is 1. The number of carbonyl (C=O) groups excluding carboxylic acids is 5. The molecular formula is C35H44N6O10S. The lowest BCUT2D eigenvalue weighted by Gasteiger charge is -2.30. The Morgan fingerprint density at radius 3 is 2.48 bits per heavy atom. The van der Waals surface area contributed by atoms with E-state index in [1.54, 1.807) is 58.3 Å². The summed E-state index contributed by atoms with van der Waals surface area (Å²) in [5, 5.41) is 8.43. The number of nitrogens with zero attached hydrogens (tertiary/aromatic N) is 2. The highest BCUT2D eigenvalue weighted by Crippen LogP contribution is 2.45. The summed E-state index contributed by atoms with van der Waals surface area (Å²) < 4.78 is 44.4. The van der Waals surface area contributed by atoms with Gasteiger partial charge in [0, 0.05) is 30.5 Å². The number of rotatable bonds is 14. The van der Waals surface area contributed by atoms with E-state index in [4.69, 9.17) is 14.2 Å². The van der Waals surface area contributed by atoms with Crippen LogP contribution in [0.15, 0.2) is 55.8 Å². The Balaban J connectivity index is 1.44. The van der Waals surface area contributed by atoms with E-state index in [0.29, 0.717) is 24.0 Å². The number of alkyl carbamates (subject to hydrolysis) is 1. The van der Waals surface area contributed by atoms with Crippen molar-refractivity contribution in [1.29, 1.82) is 0 Å². The second kappa shape index (κ2) is 14.8. The van der Waals surface area contributed by atoms with E-state index in [-0.39, 0.29) is 31.8 Å². The van der Waals surface area contributed by atoms with Crippen LogP contribution < -0.4 is 30.1 Å².